The highest BCUT2D eigenvalue weighted by atomic mass is 16.6. The third kappa shape index (κ3) is 2.54. The number of hydrogen-bond donors (Lipinski definition) is 1. The largest absolute Gasteiger partial charge is 0.481 e. The second-order valence-electron chi connectivity index (χ2n) is 6.24. The Hall–Kier alpha value is -1.30. The topological polar surface area (TPSA) is 76.1 Å². The van der Waals surface area contributed by atoms with E-state index < -0.39 is 23.1 Å². The molecule has 0 radical (unpaired) electrons. The maximum Gasteiger partial charge on any atom is 0.410 e. The SMILES string of the molecule is CC(C)(C)OC(=O)N1CC[C@]2(C(=O)O)COCC[C@H]12. The third-order valence-electron chi connectivity index (χ3n) is 3.76. The highest BCUT2D eigenvalue weighted by molar-refractivity contribution is 5.79. The van der Waals surface area contributed by atoms with Crippen LogP contribution in [0.25, 0.3) is 0 Å². The molecule has 0 unspecified atom stereocenters. The number of carboxylic acids is 1. The Morgan fingerprint density at radius 2 is 2.11 bits per heavy atom. The zero-order valence-electron chi connectivity index (χ0n) is 11.6. The summed E-state index contributed by atoms with van der Waals surface area (Å²) in [5, 5.41) is 9.47. The van der Waals surface area contributed by atoms with Crippen molar-refractivity contribution >= 4 is 12.1 Å². The van der Waals surface area contributed by atoms with Crippen molar-refractivity contribution in [2.75, 3.05) is 19.8 Å². The molecule has 0 saturated carbocycles. The zero-order valence-corrected chi connectivity index (χ0v) is 11.6. The van der Waals surface area contributed by atoms with Gasteiger partial charge in [-0.1, -0.05) is 0 Å². The summed E-state index contributed by atoms with van der Waals surface area (Å²) in [6.07, 6.45) is 0.542. The molecule has 2 aliphatic rings. The number of aliphatic carboxylic acids is 1. The predicted molar refractivity (Wildman–Crippen MR) is 66.8 cm³/mol. The minimum Gasteiger partial charge on any atom is -0.481 e. The van der Waals surface area contributed by atoms with Crippen LogP contribution in [-0.4, -0.2) is 53.5 Å². The number of ether oxygens (including phenoxy) is 2. The van der Waals surface area contributed by atoms with Gasteiger partial charge in [-0.25, -0.2) is 4.79 Å². The molecule has 1 amide bonds. The Balaban J connectivity index is 2.17. The summed E-state index contributed by atoms with van der Waals surface area (Å²) >= 11 is 0. The lowest BCUT2D eigenvalue weighted by molar-refractivity contribution is -0.159. The summed E-state index contributed by atoms with van der Waals surface area (Å²) in [6.45, 7) is 6.47. The lowest BCUT2D eigenvalue weighted by atomic mass is 9.78. The summed E-state index contributed by atoms with van der Waals surface area (Å²) in [5.41, 5.74) is -1.54. The van der Waals surface area contributed by atoms with E-state index >= 15 is 0 Å². The zero-order chi connectivity index (χ0) is 14.3. The number of carboxylic acid groups (broad SMARTS) is 1. The Morgan fingerprint density at radius 3 is 2.68 bits per heavy atom. The quantitative estimate of drug-likeness (QED) is 0.782. The lowest BCUT2D eigenvalue weighted by Gasteiger charge is -2.38. The molecule has 0 spiro atoms. The van der Waals surface area contributed by atoms with E-state index in [9.17, 15) is 14.7 Å². The van der Waals surface area contributed by atoms with Crippen molar-refractivity contribution in [1.82, 2.24) is 4.90 Å². The van der Waals surface area contributed by atoms with Crippen molar-refractivity contribution in [3.05, 3.63) is 0 Å². The van der Waals surface area contributed by atoms with Crippen molar-refractivity contribution in [3.8, 4) is 0 Å². The van der Waals surface area contributed by atoms with E-state index in [0.717, 1.165) is 0 Å². The first-order valence-corrected chi connectivity index (χ1v) is 6.57. The van der Waals surface area contributed by atoms with Gasteiger partial charge in [-0.05, 0) is 33.6 Å². The molecule has 0 aliphatic carbocycles. The molecular weight excluding hydrogens is 250 g/mol. The van der Waals surface area contributed by atoms with Crippen LogP contribution in [0.1, 0.15) is 33.6 Å². The molecule has 2 aliphatic heterocycles. The highest BCUT2D eigenvalue weighted by Gasteiger charge is 2.56. The molecule has 2 fully saturated rings. The molecule has 0 aromatic rings. The molecule has 2 saturated heterocycles. The van der Waals surface area contributed by atoms with Crippen molar-refractivity contribution in [3.63, 3.8) is 0 Å². The molecule has 2 heterocycles. The van der Waals surface area contributed by atoms with Crippen molar-refractivity contribution < 1.29 is 24.2 Å². The molecule has 6 heteroatoms. The van der Waals surface area contributed by atoms with E-state index in [1.165, 1.54) is 0 Å². The van der Waals surface area contributed by atoms with Crippen LogP contribution in [-0.2, 0) is 14.3 Å². The number of fused-ring (bicyclic) bond motifs is 1. The van der Waals surface area contributed by atoms with Gasteiger partial charge >= 0.3 is 12.1 Å². The van der Waals surface area contributed by atoms with Crippen molar-refractivity contribution in [2.45, 2.75) is 45.3 Å². The number of rotatable bonds is 1. The lowest BCUT2D eigenvalue weighted by Crippen LogP contribution is -2.53. The van der Waals surface area contributed by atoms with Crippen LogP contribution in [0, 0.1) is 5.41 Å². The number of carbonyl (C=O) groups is 2. The Morgan fingerprint density at radius 1 is 1.42 bits per heavy atom. The van der Waals surface area contributed by atoms with Gasteiger partial charge in [0.05, 0.1) is 12.6 Å². The van der Waals surface area contributed by atoms with Gasteiger partial charge in [0.25, 0.3) is 0 Å². The van der Waals surface area contributed by atoms with Gasteiger partial charge in [0.1, 0.15) is 11.0 Å². The molecule has 19 heavy (non-hydrogen) atoms. The van der Waals surface area contributed by atoms with Crippen LogP contribution in [0.2, 0.25) is 0 Å². The van der Waals surface area contributed by atoms with Crippen LogP contribution in [0.4, 0.5) is 4.79 Å². The molecule has 6 nitrogen and oxygen atoms in total. The number of carbonyl (C=O) groups excluding carboxylic acids is 1. The van der Waals surface area contributed by atoms with Crippen LogP contribution < -0.4 is 0 Å². The van der Waals surface area contributed by atoms with Gasteiger partial charge in [0, 0.05) is 13.2 Å². The molecule has 0 aromatic carbocycles. The normalized spacial score (nSPS) is 30.9. The van der Waals surface area contributed by atoms with E-state index in [4.69, 9.17) is 9.47 Å². The van der Waals surface area contributed by atoms with Gasteiger partial charge in [-0.15, -0.1) is 0 Å². The predicted octanol–water partition coefficient (Wildman–Crippen LogP) is 1.49. The number of nitrogens with zero attached hydrogens (tertiary/aromatic N) is 1. The molecule has 0 aromatic heterocycles. The Kier molecular flexibility index (Phi) is 3.47. The monoisotopic (exact) mass is 271 g/mol. The maximum absolute atomic E-state index is 12.2. The van der Waals surface area contributed by atoms with Crippen molar-refractivity contribution in [1.29, 1.82) is 0 Å². The minimum atomic E-state index is -0.963. The molecule has 108 valence electrons. The Labute approximate surface area is 112 Å². The molecular formula is C13H21NO5. The minimum absolute atomic E-state index is 0.173. The van der Waals surface area contributed by atoms with Gasteiger partial charge < -0.3 is 19.5 Å². The molecule has 2 rings (SSSR count). The van der Waals surface area contributed by atoms with Crippen LogP contribution in [0.5, 0.6) is 0 Å². The highest BCUT2D eigenvalue weighted by Crippen LogP contribution is 2.42. The standard InChI is InChI=1S/C13H21NO5/c1-12(2,3)19-11(17)14-6-5-13(10(15)16)8-18-7-4-9(13)14/h9H,4-8H2,1-3H3,(H,15,16)/t9-,13-/m0/s1. The van der Waals surface area contributed by atoms with Gasteiger partial charge in [-0.2, -0.15) is 0 Å². The van der Waals surface area contributed by atoms with E-state index in [-0.39, 0.29) is 12.6 Å². The smallest absolute Gasteiger partial charge is 0.410 e. The molecule has 0 bridgehead atoms. The summed E-state index contributed by atoms with van der Waals surface area (Å²) in [6, 6.07) is -0.325. The summed E-state index contributed by atoms with van der Waals surface area (Å²) < 4.78 is 10.7. The first kappa shape index (κ1) is 14.1. The third-order valence-corrected chi connectivity index (χ3v) is 3.76. The fourth-order valence-corrected chi connectivity index (χ4v) is 2.84. The average Bonchev–Trinajstić information content (AvgIpc) is 2.67. The number of amides is 1. The van der Waals surface area contributed by atoms with Gasteiger partial charge in [0.2, 0.25) is 0 Å². The number of likely N-dealkylation sites (tertiary alicyclic amines) is 1. The van der Waals surface area contributed by atoms with E-state index in [1.807, 2.05) is 0 Å². The average molecular weight is 271 g/mol. The van der Waals surface area contributed by atoms with Gasteiger partial charge in [-0.3, -0.25) is 4.79 Å². The fourth-order valence-electron chi connectivity index (χ4n) is 2.84. The first-order valence-electron chi connectivity index (χ1n) is 6.57. The molecule has 2 atom stereocenters. The van der Waals surface area contributed by atoms with Crippen molar-refractivity contribution in [2.24, 2.45) is 5.41 Å². The van der Waals surface area contributed by atoms with E-state index in [2.05, 4.69) is 0 Å². The summed E-state index contributed by atoms with van der Waals surface area (Å²) in [7, 11) is 0. The second-order valence-corrected chi connectivity index (χ2v) is 6.24. The molecule has 1 N–H and O–H groups in total. The van der Waals surface area contributed by atoms with Crippen LogP contribution in [0.3, 0.4) is 0 Å². The summed E-state index contributed by atoms with van der Waals surface area (Å²) in [5.74, 6) is -0.886. The van der Waals surface area contributed by atoms with E-state index in [0.29, 0.717) is 26.0 Å². The van der Waals surface area contributed by atoms with Gasteiger partial charge in [0.15, 0.2) is 0 Å². The van der Waals surface area contributed by atoms with E-state index in [1.54, 1.807) is 25.7 Å². The van der Waals surface area contributed by atoms with Crippen LogP contribution >= 0.6 is 0 Å². The second kappa shape index (κ2) is 4.67. The maximum atomic E-state index is 12.2. The summed E-state index contributed by atoms with van der Waals surface area (Å²) in [4.78, 5) is 25.3. The first-order chi connectivity index (χ1) is 8.76. The van der Waals surface area contributed by atoms with Crippen LogP contribution in [0.15, 0.2) is 0 Å². The number of hydrogen-bond acceptors (Lipinski definition) is 4. The Bertz CT molecular complexity index is 389. The fraction of sp³-hybridized carbons (Fsp3) is 0.846.